The number of nitrogens with zero attached hydrogens (tertiary/aromatic N) is 1. The molecule has 0 fully saturated rings. The molecule has 102 valence electrons. The smallest absolute Gasteiger partial charge is 0.222 e. The van der Waals surface area contributed by atoms with Gasteiger partial charge in [0.2, 0.25) is 5.91 Å². The van der Waals surface area contributed by atoms with Crippen LogP contribution < -0.4 is 5.73 Å². The van der Waals surface area contributed by atoms with Crippen LogP contribution >= 0.6 is 0 Å². The minimum atomic E-state index is 0.0467. The van der Waals surface area contributed by atoms with Crippen LogP contribution in [0.2, 0.25) is 0 Å². The van der Waals surface area contributed by atoms with E-state index in [1.54, 1.807) is 0 Å². The van der Waals surface area contributed by atoms with E-state index in [0.717, 1.165) is 32.1 Å². The van der Waals surface area contributed by atoms with Crippen LogP contribution in [-0.4, -0.2) is 41.7 Å². The third kappa shape index (κ3) is 6.64. The Morgan fingerprint density at radius 1 is 1.24 bits per heavy atom. The summed E-state index contributed by atoms with van der Waals surface area (Å²) in [5.74, 6) is 0.171. The van der Waals surface area contributed by atoms with Crippen molar-refractivity contribution >= 4 is 5.91 Å². The summed E-state index contributed by atoms with van der Waals surface area (Å²) in [5.41, 5.74) is 5.42. The zero-order valence-corrected chi connectivity index (χ0v) is 11.3. The van der Waals surface area contributed by atoms with Gasteiger partial charge in [-0.3, -0.25) is 4.79 Å². The molecule has 0 aromatic rings. The van der Waals surface area contributed by atoms with E-state index in [9.17, 15) is 4.79 Å². The van der Waals surface area contributed by atoms with E-state index in [1.165, 1.54) is 0 Å². The Labute approximate surface area is 105 Å². The van der Waals surface area contributed by atoms with Crippen molar-refractivity contribution in [2.24, 2.45) is 5.73 Å². The van der Waals surface area contributed by atoms with E-state index in [-0.39, 0.29) is 18.6 Å². The molecule has 0 aromatic heterocycles. The molecule has 0 aromatic carbocycles. The van der Waals surface area contributed by atoms with Crippen LogP contribution in [0.15, 0.2) is 0 Å². The maximum atomic E-state index is 12.0. The van der Waals surface area contributed by atoms with Gasteiger partial charge in [0.1, 0.15) is 0 Å². The van der Waals surface area contributed by atoms with Gasteiger partial charge >= 0.3 is 0 Å². The fraction of sp³-hybridized carbons (Fsp3) is 0.923. The van der Waals surface area contributed by atoms with Gasteiger partial charge < -0.3 is 15.7 Å². The average molecular weight is 244 g/mol. The first-order valence-electron chi connectivity index (χ1n) is 6.81. The van der Waals surface area contributed by atoms with E-state index in [1.807, 2.05) is 4.90 Å². The summed E-state index contributed by atoms with van der Waals surface area (Å²) in [7, 11) is 0. The molecule has 0 aliphatic heterocycles. The molecular weight excluding hydrogens is 216 g/mol. The molecule has 0 heterocycles. The van der Waals surface area contributed by atoms with Crippen LogP contribution in [0.25, 0.3) is 0 Å². The Balaban J connectivity index is 4.13. The predicted octanol–water partition coefficient (Wildman–Crippen LogP) is 1.51. The largest absolute Gasteiger partial charge is 0.395 e. The van der Waals surface area contributed by atoms with E-state index < -0.39 is 0 Å². The number of unbranched alkanes of at least 4 members (excludes halogenated alkanes) is 2. The van der Waals surface area contributed by atoms with Crippen LogP contribution in [0.5, 0.6) is 0 Å². The molecule has 0 unspecified atom stereocenters. The first-order chi connectivity index (χ1) is 8.21. The van der Waals surface area contributed by atoms with Crippen LogP contribution in [0.1, 0.15) is 52.4 Å². The summed E-state index contributed by atoms with van der Waals surface area (Å²) in [6.45, 7) is 5.37. The molecule has 0 radical (unpaired) electrons. The molecule has 0 aliphatic rings. The van der Waals surface area contributed by atoms with Crippen molar-refractivity contribution in [2.45, 2.75) is 58.4 Å². The zero-order chi connectivity index (χ0) is 13.1. The van der Waals surface area contributed by atoms with Gasteiger partial charge in [-0.25, -0.2) is 0 Å². The molecule has 0 saturated heterocycles. The summed E-state index contributed by atoms with van der Waals surface area (Å²) in [5, 5.41) is 9.02. The van der Waals surface area contributed by atoms with Crippen molar-refractivity contribution in [1.29, 1.82) is 0 Å². The Morgan fingerprint density at radius 2 is 1.88 bits per heavy atom. The lowest BCUT2D eigenvalue weighted by Crippen LogP contribution is -2.41. The van der Waals surface area contributed by atoms with E-state index in [4.69, 9.17) is 10.8 Å². The number of aliphatic hydroxyl groups excluding tert-OH is 1. The summed E-state index contributed by atoms with van der Waals surface area (Å²) >= 11 is 0. The molecule has 0 bridgehead atoms. The number of carbonyl (C=O) groups is 1. The van der Waals surface area contributed by atoms with Crippen molar-refractivity contribution < 1.29 is 9.90 Å². The highest BCUT2D eigenvalue weighted by Crippen LogP contribution is 2.12. The number of rotatable bonds is 10. The molecule has 4 heteroatoms. The number of hydrogen-bond acceptors (Lipinski definition) is 3. The quantitative estimate of drug-likeness (QED) is 0.573. The molecule has 1 amide bonds. The molecule has 0 rings (SSSR count). The summed E-state index contributed by atoms with van der Waals surface area (Å²) in [6.07, 6.45) is 5.38. The van der Waals surface area contributed by atoms with E-state index in [2.05, 4.69) is 13.8 Å². The standard InChI is InChI=1S/C13H28N2O2/c1-3-12(4-2)15(10-11-16)13(17)8-6-5-7-9-14/h12,16H,3-11,14H2,1-2H3. The van der Waals surface area contributed by atoms with E-state index in [0.29, 0.717) is 19.5 Å². The van der Waals surface area contributed by atoms with Gasteiger partial charge in [-0.1, -0.05) is 20.3 Å². The minimum Gasteiger partial charge on any atom is -0.395 e. The van der Waals surface area contributed by atoms with Crippen molar-refractivity contribution in [3.63, 3.8) is 0 Å². The molecule has 0 aliphatic carbocycles. The normalized spacial score (nSPS) is 10.9. The third-order valence-corrected chi connectivity index (χ3v) is 3.14. The van der Waals surface area contributed by atoms with Crippen molar-refractivity contribution in [2.75, 3.05) is 19.7 Å². The topological polar surface area (TPSA) is 66.6 Å². The highest BCUT2D eigenvalue weighted by molar-refractivity contribution is 5.76. The first-order valence-corrected chi connectivity index (χ1v) is 6.81. The summed E-state index contributed by atoms with van der Waals surface area (Å²) in [4.78, 5) is 13.9. The molecule has 0 spiro atoms. The van der Waals surface area contributed by atoms with Gasteiger partial charge in [0.15, 0.2) is 0 Å². The fourth-order valence-corrected chi connectivity index (χ4v) is 2.09. The van der Waals surface area contributed by atoms with Gasteiger partial charge in [-0.2, -0.15) is 0 Å². The molecule has 3 N–H and O–H groups in total. The lowest BCUT2D eigenvalue weighted by molar-refractivity contribution is -0.134. The molecule has 0 saturated carbocycles. The van der Waals surface area contributed by atoms with Crippen LogP contribution in [0, 0.1) is 0 Å². The Hall–Kier alpha value is -0.610. The zero-order valence-electron chi connectivity index (χ0n) is 11.3. The number of amides is 1. The van der Waals surface area contributed by atoms with Crippen molar-refractivity contribution in [3.05, 3.63) is 0 Å². The second-order valence-electron chi connectivity index (χ2n) is 4.38. The molecule has 0 atom stereocenters. The van der Waals surface area contributed by atoms with Crippen LogP contribution in [-0.2, 0) is 4.79 Å². The SMILES string of the molecule is CCC(CC)N(CCO)C(=O)CCCCCN. The minimum absolute atomic E-state index is 0.0467. The van der Waals surface area contributed by atoms with Crippen molar-refractivity contribution in [1.82, 2.24) is 4.90 Å². The lowest BCUT2D eigenvalue weighted by Gasteiger charge is -2.30. The van der Waals surface area contributed by atoms with Gasteiger partial charge in [0.25, 0.3) is 0 Å². The monoisotopic (exact) mass is 244 g/mol. The lowest BCUT2D eigenvalue weighted by atomic mass is 10.1. The number of nitrogens with two attached hydrogens (primary N) is 1. The Morgan fingerprint density at radius 3 is 2.35 bits per heavy atom. The number of hydrogen-bond donors (Lipinski definition) is 2. The predicted molar refractivity (Wildman–Crippen MR) is 70.7 cm³/mol. The molecular formula is C13H28N2O2. The van der Waals surface area contributed by atoms with Crippen molar-refractivity contribution in [3.8, 4) is 0 Å². The van der Waals surface area contributed by atoms with Gasteiger partial charge in [0, 0.05) is 19.0 Å². The van der Waals surface area contributed by atoms with Gasteiger partial charge in [-0.15, -0.1) is 0 Å². The Bertz CT molecular complexity index is 194. The third-order valence-electron chi connectivity index (χ3n) is 3.14. The average Bonchev–Trinajstić information content (AvgIpc) is 2.34. The van der Waals surface area contributed by atoms with Gasteiger partial charge in [-0.05, 0) is 32.2 Å². The second-order valence-corrected chi connectivity index (χ2v) is 4.38. The van der Waals surface area contributed by atoms with Crippen LogP contribution in [0.3, 0.4) is 0 Å². The fourth-order valence-electron chi connectivity index (χ4n) is 2.09. The number of aliphatic hydroxyl groups is 1. The maximum absolute atomic E-state index is 12.0. The highest BCUT2D eigenvalue weighted by atomic mass is 16.3. The summed E-state index contributed by atoms with van der Waals surface area (Å²) < 4.78 is 0. The van der Waals surface area contributed by atoms with Crippen LogP contribution in [0.4, 0.5) is 0 Å². The molecule has 17 heavy (non-hydrogen) atoms. The summed E-state index contributed by atoms with van der Waals surface area (Å²) in [6, 6.07) is 0.268. The maximum Gasteiger partial charge on any atom is 0.222 e. The highest BCUT2D eigenvalue weighted by Gasteiger charge is 2.19. The molecule has 4 nitrogen and oxygen atoms in total. The second kappa shape index (κ2) is 10.5. The first kappa shape index (κ1) is 16.4. The Kier molecular flexibility index (Phi) is 10.2. The van der Waals surface area contributed by atoms with E-state index >= 15 is 0 Å². The van der Waals surface area contributed by atoms with Gasteiger partial charge in [0.05, 0.1) is 6.61 Å². The number of carbonyl (C=O) groups excluding carboxylic acids is 1.